The topological polar surface area (TPSA) is 93.7 Å². The lowest BCUT2D eigenvalue weighted by molar-refractivity contribution is 0.0845. The molecule has 3 rings (SSSR count). The van der Waals surface area contributed by atoms with Gasteiger partial charge < -0.3 is 9.47 Å². The number of amides is 2. The molecule has 0 atom stereocenters. The fourth-order valence-corrected chi connectivity index (χ4v) is 3.07. The summed E-state index contributed by atoms with van der Waals surface area (Å²) in [6, 6.07) is 19.8. The van der Waals surface area contributed by atoms with E-state index < -0.39 is 11.8 Å². The smallest absolute Gasteiger partial charge is 0.270 e. The molecule has 0 fully saturated rings. The zero-order chi connectivity index (χ0) is 22.9. The van der Waals surface area contributed by atoms with Gasteiger partial charge in [-0.25, -0.2) is 0 Å². The van der Waals surface area contributed by atoms with Crippen molar-refractivity contribution in [3.63, 3.8) is 0 Å². The fraction of sp³-hybridized carbons (Fsp3) is 0.160. The molecule has 3 aromatic carbocycles. The van der Waals surface area contributed by atoms with Gasteiger partial charge in [-0.2, -0.15) is 0 Å². The van der Waals surface area contributed by atoms with Crippen LogP contribution in [0.1, 0.15) is 50.5 Å². The Hall–Kier alpha value is -4.13. The van der Waals surface area contributed by atoms with Crippen LogP contribution in [0.15, 0.2) is 72.8 Å². The first-order valence-corrected chi connectivity index (χ1v) is 10.2. The number of carbonyl (C=O) groups excluding carboxylic acids is 3. The van der Waals surface area contributed by atoms with Crippen molar-refractivity contribution in [2.75, 3.05) is 13.2 Å². The maximum absolute atomic E-state index is 13.2. The van der Waals surface area contributed by atoms with Gasteiger partial charge >= 0.3 is 0 Å². The Kier molecular flexibility index (Phi) is 7.59. The number of carbonyl (C=O) groups is 3. The molecule has 2 amide bonds. The van der Waals surface area contributed by atoms with Gasteiger partial charge in [-0.15, -0.1) is 0 Å². The molecule has 164 valence electrons. The van der Waals surface area contributed by atoms with Crippen LogP contribution in [0.2, 0.25) is 0 Å². The molecular formula is C25H24N2O5. The molecule has 0 saturated heterocycles. The van der Waals surface area contributed by atoms with E-state index in [-0.39, 0.29) is 16.9 Å². The van der Waals surface area contributed by atoms with E-state index >= 15 is 0 Å². The number of hydrazine groups is 1. The molecule has 7 heteroatoms. The Morgan fingerprint density at radius 2 is 1.25 bits per heavy atom. The average molecular weight is 432 g/mol. The van der Waals surface area contributed by atoms with Crippen molar-refractivity contribution in [1.29, 1.82) is 0 Å². The molecule has 0 aliphatic carbocycles. The van der Waals surface area contributed by atoms with Gasteiger partial charge in [-0.1, -0.05) is 36.4 Å². The summed E-state index contributed by atoms with van der Waals surface area (Å²) in [7, 11) is 0. The van der Waals surface area contributed by atoms with E-state index in [2.05, 4.69) is 10.9 Å². The standard InChI is InChI=1S/C25H24N2O5/c1-3-31-21-15-14-18(16-22(21)32-4-2)23(28)19-12-8-9-13-20(19)25(30)27-26-24(29)17-10-6-5-7-11-17/h5-16H,3-4H2,1-2H3,(H,26,29)(H,27,30). The van der Waals surface area contributed by atoms with E-state index in [0.717, 1.165) is 0 Å². The van der Waals surface area contributed by atoms with Crippen molar-refractivity contribution in [2.24, 2.45) is 0 Å². The summed E-state index contributed by atoms with van der Waals surface area (Å²) >= 11 is 0. The van der Waals surface area contributed by atoms with E-state index in [1.807, 2.05) is 13.8 Å². The van der Waals surface area contributed by atoms with Gasteiger partial charge in [0.1, 0.15) is 0 Å². The van der Waals surface area contributed by atoms with Crippen molar-refractivity contribution in [3.8, 4) is 11.5 Å². The molecule has 0 aliphatic heterocycles. The molecule has 0 spiro atoms. The van der Waals surface area contributed by atoms with Crippen molar-refractivity contribution in [2.45, 2.75) is 13.8 Å². The molecule has 0 bridgehead atoms. The van der Waals surface area contributed by atoms with E-state index in [1.165, 1.54) is 6.07 Å². The zero-order valence-electron chi connectivity index (χ0n) is 17.9. The molecule has 3 aromatic rings. The number of hydrogen-bond acceptors (Lipinski definition) is 5. The summed E-state index contributed by atoms with van der Waals surface area (Å²) in [4.78, 5) is 38.1. The molecule has 7 nitrogen and oxygen atoms in total. The minimum absolute atomic E-state index is 0.137. The van der Waals surface area contributed by atoms with Crippen LogP contribution in [0.4, 0.5) is 0 Å². The Balaban J connectivity index is 1.81. The summed E-state index contributed by atoms with van der Waals surface area (Å²) in [6.45, 7) is 4.58. The van der Waals surface area contributed by atoms with Gasteiger partial charge in [0, 0.05) is 16.7 Å². The lowest BCUT2D eigenvalue weighted by Gasteiger charge is -2.13. The van der Waals surface area contributed by atoms with Gasteiger partial charge in [0.2, 0.25) is 0 Å². The van der Waals surface area contributed by atoms with Crippen LogP contribution in [0.3, 0.4) is 0 Å². The largest absolute Gasteiger partial charge is 0.490 e. The highest BCUT2D eigenvalue weighted by Crippen LogP contribution is 2.29. The van der Waals surface area contributed by atoms with Crippen LogP contribution in [0.5, 0.6) is 11.5 Å². The lowest BCUT2D eigenvalue weighted by Crippen LogP contribution is -2.42. The molecule has 2 N–H and O–H groups in total. The predicted octanol–water partition coefficient (Wildman–Crippen LogP) is 3.79. The molecule has 0 heterocycles. The summed E-state index contributed by atoms with van der Waals surface area (Å²) < 4.78 is 11.1. The zero-order valence-corrected chi connectivity index (χ0v) is 17.9. The summed E-state index contributed by atoms with van der Waals surface area (Å²) in [5.41, 5.74) is 5.82. The summed E-state index contributed by atoms with van der Waals surface area (Å²) in [6.07, 6.45) is 0. The highest BCUT2D eigenvalue weighted by atomic mass is 16.5. The van der Waals surface area contributed by atoms with Crippen molar-refractivity contribution >= 4 is 17.6 Å². The van der Waals surface area contributed by atoms with Crippen LogP contribution in [0, 0.1) is 0 Å². The lowest BCUT2D eigenvalue weighted by atomic mass is 9.97. The summed E-state index contributed by atoms with van der Waals surface area (Å²) in [5.74, 6) is -0.420. The normalized spacial score (nSPS) is 10.2. The Morgan fingerprint density at radius 1 is 0.656 bits per heavy atom. The molecular weight excluding hydrogens is 408 g/mol. The third-order valence-corrected chi connectivity index (χ3v) is 4.55. The van der Waals surface area contributed by atoms with E-state index in [1.54, 1.807) is 66.7 Å². The van der Waals surface area contributed by atoms with E-state index in [0.29, 0.717) is 35.8 Å². The van der Waals surface area contributed by atoms with Gasteiger partial charge in [0.05, 0.1) is 18.8 Å². The molecule has 0 aromatic heterocycles. The molecule has 32 heavy (non-hydrogen) atoms. The number of nitrogens with one attached hydrogen (secondary N) is 2. The van der Waals surface area contributed by atoms with Gasteiger partial charge in [0.25, 0.3) is 11.8 Å². The van der Waals surface area contributed by atoms with Crippen molar-refractivity contribution in [3.05, 3.63) is 95.1 Å². The monoisotopic (exact) mass is 432 g/mol. The predicted molar refractivity (Wildman–Crippen MR) is 120 cm³/mol. The van der Waals surface area contributed by atoms with Crippen LogP contribution in [-0.4, -0.2) is 30.8 Å². The first-order chi connectivity index (χ1) is 15.5. The Labute approximate surface area is 186 Å². The average Bonchev–Trinajstić information content (AvgIpc) is 2.83. The van der Waals surface area contributed by atoms with Gasteiger partial charge in [0.15, 0.2) is 17.3 Å². The van der Waals surface area contributed by atoms with E-state index in [9.17, 15) is 14.4 Å². The molecule has 0 saturated carbocycles. The summed E-state index contributed by atoms with van der Waals surface area (Å²) in [5, 5.41) is 0. The fourth-order valence-electron chi connectivity index (χ4n) is 3.07. The maximum atomic E-state index is 13.2. The quantitative estimate of drug-likeness (QED) is 0.417. The third kappa shape index (κ3) is 5.31. The second-order valence-electron chi connectivity index (χ2n) is 6.68. The highest BCUT2D eigenvalue weighted by Gasteiger charge is 2.20. The third-order valence-electron chi connectivity index (χ3n) is 4.55. The number of ketones is 1. The van der Waals surface area contributed by atoms with Gasteiger partial charge in [-0.3, -0.25) is 25.2 Å². The van der Waals surface area contributed by atoms with Gasteiger partial charge in [-0.05, 0) is 50.2 Å². The van der Waals surface area contributed by atoms with Crippen LogP contribution in [0.25, 0.3) is 0 Å². The maximum Gasteiger partial charge on any atom is 0.270 e. The molecule has 0 radical (unpaired) electrons. The first-order valence-electron chi connectivity index (χ1n) is 10.2. The second-order valence-corrected chi connectivity index (χ2v) is 6.68. The van der Waals surface area contributed by atoms with Crippen LogP contribution in [-0.2, 0) is 0 Å². The Morgan fingerprint density at radius 3 is 1.94 bits per heavy atom. The molecule has 0 unspecified atom stereocenters. The number of benzene rings is 3. The second kappa shape index (κ2) is 10.8. The van der Waals surface area contributed by atoms with Crippen molar-refractivity contribution in [1.82, 2.24) is 10.9 Å². The Bertz CT molecular complexity index is 1110. The van der Waals surface area contributed by atoms with Crippen molar-refractivity contribution < 1.29 is 23.9 Å². The minimum atomic E-state index is -0.603. The highest BCUT2D eigenvalue weighted by molar-refractivity contribution is 6.15. The minimum Gasteiger partial charge on any atom is -0.490 e. The van der Waals surface area contributed by atoms with Crippen LogP contribution < -0.4 is 20.3 Å². The molecule has 0 aliphatic rings. The van der Waals surface area contributed by atoms with Crippen LogP contribution >= 0.6 is 0 Å². The number of rotatable bonds is 8. The van der Waals surface area contributed by atoms with E-state index in [4.69, 9.17) is 9.47 Å². The number of hydrogen-bond donors (Lipinski definition) is 2. The SMILES string of the molecule is CCOc1ccc(C(=O)c2ccccc2C(=O)NNC(=O)c2ccccc2)cc1OCC. The number of ether oxygens (including phenoxy) is 2. The first kappa shape index (κ1) is 22.6.